The molecule has 0 saturated heterocycles. The molecule has 0 heterocycles. The van der Waals surface area contributed by atoms with E-state index in [4.69, 9.17) is 0 Å². The van der Waals surface area contributed by atoms with Gasteiger partial charge in [0, 0.05) is 4.90 Å². The van der Waals surface area contributed by atoms with Crippen LogP contribution in [0.4, 0.5) is 0 Å². The van der Waals surface area contributed by atoms with E-state index in [1.165, 1.54) is 17.7 Å². The molecule has 0 aromatic heterocycles. The average Bonchev–Trinajstić information content (AvgIpc) is 2.49. The number of rotatable bonds is 5. The molecule has 2 heteroatoms. The van der Waals surface area contributed by atoms with Gasteiger partial charge in [-0.2, -0.15) is 5.26 Å². The summed E-state index contributed by atoms with van der Waals surface area (Å²) >= 11 is 1.88. The highest BCUT2D eigenvalue weighted by Gasteiger charge is 2.35. The lowest BCUT2D eigenvalue weighted by molar-refractivity contribution is 0.172. The fourth-order valence-electron chi connectivity index (χ4n) is 3.16. The molecule has 1 aromatic carbocycles. The van der Waals surface area contributed by atoms with Gasteiger partial charge >= 0.3 is 0 Å². The zero-order chi connectivity index (χ0) is 14.4. The number of nitriles is 1. The SMILES string of the molecule is CC(C)C1CCC(C#N)(CCSc2ccccc2)CC1. The summed E-state index contributed by atoms with van der Waals surface area (Å²) in [6.07, 6.45) is 5.71. The smallest absolute Gasteiger partial charge is 0.0690 e. The molecule has 2 rings (SSSR count). The maximum absolute atomic E-state index is 9.60. The van der Waals surface area contributed by atoms with Crippen LogP contribution in [0.5, 0.6) is 0 Å². The zero-order valence-electron chi connectivity index (χ0n) is 12.6. The van der Waals surface area contributed by atoms with Crippen molar-refractivity contribution in [3.8, 4) is 6.07 Å². The normalized spacial score (nSPS) is 26.4. The van der Waals surface area contributed by atoms with Gasteiger partial charge in [0.15, 0.2) is 0 Å². The molecule has 0 atom stereocenters. The van der Waals surface area contributed by atoms with Crippen LogP contribution in [0.15, 0.2) is 35.2 Å². The summed E-state index contributed by atoms with van der Waals surface area (Å²) in [6.45, 7) is 4.63. The van der Waals surface area contributed by atoms with E-state index in [0.29, 0.717) is 0 Å². The lowest BCUT2D eigenvalue weighted by Gasteiger charge is -2.36. The van der Waals surface area contributed by atoms with Gasteiger partial charge in [-0.3, -0.25) is 0 Å². The highest BCUT2D eigenvalue weighted by molar-refractivity contribution is 7.99. The molecule has 1 aliphatic carbocycles. The van der Waals surface area contributed by atoms with Crippen LogP contribution in [0.25, 0.3) is 0 Å². The molecule has 1 nitrogen and oxygen atoms in total. The highest BCUT2D eigenvalue weighted by Crippen LogP contribution is 2.44. The second-order valence-corrected chi connectivity index (χ2v) is 7.55. The summed E-state index contributed by atoms with van der Waals surface area (Å²) in [4.78, 5) is 1.32. The van der Waals surface area contributed by atoms with Crippen molar-refractivity contribution in [2.45, 2.75) is 50.8 Å². The third kappa shape index (κ3) is 4.03. The van der Waals surface area contributed by atoms with Crippen LogP contribution < -0.4 is 0 Å². The van der Waals surface area contributed by atoms with Gasteiger partial charge in [0.2, 0.25) is 0 Å². The first-order valence-corrected chi connectivity index (χ1v) is 8.73. The predicted molar refractivity (Wildman–Crippen MR) is 86.6 cm³/mol. The molecule has 1 fully saturated rings. The Kier molecular flexibility index (Phi) is 5.54. The monoisotopic (exact) mass is 287 g/mol. The molecule has 20 heavy (non-hydrogen) atoms. The molecular weight excluding hydrogens is 262 g/mol. The van der Waals surface area contributed by atoms with Crippen molar-refractivity contribution in [1.82, 2.24) is 0 Å². The molecule has 0 radical (unpaired) electrons. The van der Waals surface area contributed by atoms with Gasteiger partial charge < -0.3 is 0 Å². The highest BCUT2D eigenvalue weighted by atomic mass is 32.2. The van der Waals surface area contributed by atoms with Crippen LogP contribution in [0.1, 0.15) is 46.0 Å². The number of hydrogen-bond acceptors (Lipinski definition) is 2. The van der Waals surface area contributed by atoms with E-state index >= 15 is 0 Å². The van der Waals surface area contributed by atoms with Gasteiger partial charge in [0.1, 0.15) is 0 Å². The molecule has 1 aliphatic rings. The van der Waals surface area contributed by atoms with E-state index in [9.17, 15) is 5.26 Å². The van der Waals surface area contributed by atoms with E-state index in [-0.39, 0.29) is 5.41 Å². The molecule has 1 saturated carbocycles. The Labute approximate surface area is 127 Å². The molecule has 1 aromatic rings. The molecule has 0 aliphatic heterocycles. The topological polar surface area (TPSA) is 23.8 Å². The van der Waals surface area contributed by atoms with Crippen LogP contribution in [0, 0.1) is 28.6 Å². The van der Waals surface area contributed by atoms with Crippen molar-refractivity contribution in [2.24, 2.45) is 17.3 Å². The quantitative estimate of drug-likeness (QED) is 0.665. The van der Waals surface area contributed by atoms with Crippen molar-refractivity contribution >= 4 is 11.8 Å². The Morgan fingerprint density at radius 1 is 1.25 bits per heavy atom. The van der Waals surface area contributed by atoms with Gasteiger partial charge in [0.05, 0.1) is 11.5 Å². The predicted octanol–water partition coefficient (Wildman–Crippen LogP) is 5.52. The van der Waals surface area contributed by atoms with E-state index in [1.807, 2.05) is 17.8 Å². The molecule has 0 unspecified atom stereocenters. The number of benzene rings is 1. The summed E-state index contributed by atoms with van der Waals surface area (Å²) in [6, 6.07) is 13.2. The molecule has 0 bridgehead atoms. The lowest BCUT2D eigenvalue weighted by Crippen LogP contribution is -2.28. The number of nitrogens with zero attached hydrogens (tertiary/aromatic N) is 1. The Morgan fingerprint density at radius 3 is 2.45 bits per heavy atom. The largest absolute Gasteiger partial charge is 0.198 e. The first kappa shape index (κ1) is 15.4. The van der Waals surface area contributed by atoms with Crippen molar-refractivity contribution in [3.63, 3.8) is 0 Å². The van der Waals surface area contributed by atoms with Gasteiger partial charge in [-0.15, -0.1) is 11.8 Å². The number of hydrogen-bond donors (Lipinski definition) is 0. The molecule has 0 amide bonds. The van der Waals surface area contributed by atoms with Gasteiger partial charge in [0.25, 0.3) is 0 Å². The second-order valence-electron chi connectivity index (χ2n) is 6.39. The first-order chi connectivity index (χ1) is 9.65. The fraction of sp³-hybridized carbons (Fsp3) is 0.611. The zero-order valence-corrected chi connectivity index (χ0v) is 13.5. The van der Waals surface area contributed by atoms with Crippen LogP contribution in [-0.4, -0.2) is 5.75 Å². The van der Waals surface area contributed by atoms with Crippen LogP contribution in [0.3, 0.4) is 0 Å². The molecule has 0 N–H and O–H groups in total. The molecule has 0 spiro atoms. The maximum atomic E-state index is 9.60. The Balaban J connectivity index is 1.83. The van der Waals surface area contributed by atoms with Gasteiger partial charge in [-0.1, -0.05) is 32.0 Å². The third-order valence-electron chi connectivity index (χ3n) is 4.76. The van der Waals surface area contributed by atoms with E-state index in [1.54, 1.807) is 0 Å². The minimum atomic E-state index is -0.0484. The summed E-state index contributed by atoms with van der Waals surface area (Å²) in [5.74, 6) is 2.66. The van der Waals surface area contributed by atoms with Crippen LogP contribution in [0.2, 0.25) is 0 Å². The van der Waals surface area contributed by atoms with E-state index in [0.717, 1.165) is 36.9 Å². The molecular formula is C18H25NS. The van der Waals surface area contributed by atoms with Crippen LogP contribution in [-0.2, 0) is 0 Å². The third-order valence-corrected chi connectivity index (χ3v) is 5.77. The van der Waals surface area contributed by atoms with Gasteiger partial charge in [-0.05, 0) is 61.8 Å². The van der Waals surface area contributed by atoms with E-state index in [2.05, 4.69) is 44.2 Å². The van der Waals surface area contributed by atoms with Crippen molar-refractivity contribution in [3.05, 3.63) is 30.3 Å². The van der Waals surface area contributed by atoms with Crippen molar-refractivity contribution in [2.75, 3.05) is 5.75 Å². The summed E-state index contributed by atoms with van der Waals surface area (Å²) in [7, 11) is 0. The summed E-state index contributed by atoms with van der Waals surface area (Å²) in [5.41, 5.74) is -0.0484. The van der Waals surface area contributed by atoms with Crippen molar-refractivity contribution < 1.29 is 0 Å². The summed E-state index contributed by atoms with van der Waals surface area (Å²) < 4.78 is 0. The fourth-order valence-corrected chi connectivity index (χ4v) is 4.24. The van der Waals surface area contributed by atoms with Gasteiger partial charge in [-0.25, -0.2) is 0 Å². The Morgan fingerprint density at radius 2 is 1.90 bits per heavy atom. The number of thioether (sulfide) groups is 1. The molecule has 108 valence electrons. The van der Waals surface area contributed by atoms with E-state index < -0.39 is 0 Å². The lowest BCUT2D eigenvalue weighted by atomic mass is 9.67. The minimum absolute atomic E-state index is 0.0484. The van der Waals surface area contributed by atoms with Crippen LogP contribution >= 0.6 is 11.8 Å². The average molecular weight is 287 g/mol. The minimum Gasteiger partial charge on any atom is -0.198 e. The standard InChI is InChI=1S/C18H25NS/c1-15(2)16-8-10-18(14-19,11-9-16)12-13-20-17-6-4-3-5-7-17/h3-7,15-16H,8-13H2,1-2H3. The Hall–Kier alpha value is -0.940. The summed E-state index contributed by atoms with van der Waals surface area (Å²) in [5, 5.41) is 9.60. The first-order valence-electron chi connectivity index (χ1n) is 7.74. The maximum Gasteiger partial charge on any atom is 0.0690 e. The van der Waals surface area contributed by atoms with Crippen molar-refractivity contribution in [1.29, 1.82) is 5.26 Å². The Bertz CT molecular complexity index is 438. The second kappa shape index (κ2) is 7.18.